The van der Waals surface area contributed by atoms with E-state index >= 15 is 0 Å². The number of aryl methyl sites for hydroxylation is 2. The number of carbonyl (C=O) groups is 1. The number of hydrogen-bond donors (Lipinski definition) is 0. The summed E-state index contributed by atoms with van der Waals surface area (Å²) < 4.78 is 6.81. The maximum absolute atomic E-state index is 13.1. The van der Waals surface area contributed by atoms with Crippen molar-refractivity contribution in [1.82, 2.24) is 14.5 Å². The van der Waals surface area contributed by atoms with Crippen molar-refractivity contribution in [2.24, 2.45) is 5.92 Å². The lowest BCUT2D eigenvalue weighted by molar-refractivity contribution is -0.145. The molecule has 1 fully saturated rings. The molecule has 7 heteroatoms. The maximum atomic E-state index is 13.1. The fraction of sp³-hybridized carbons (Fsp3) is 0.632. The number of fused-ring (bicyclic) bond motifs is 1. The van der Waals surface area contributed by atoms with Crippen LogP contribution in [0.1, 0.15) is 43.0 Å². The number of likely N-dealkylation sites (tertiary alicyclic amines) is 1. The molecule has 26 heavy (non-hydrogen) atoms. The smallest absolute Gasteiger partial charge is 0.326 e. The van der Waals surface area contributed by atoms with E-state index in [-0.39, 0.29) is 24.0 Å². The summed E-state index contributed by atoms with van der Waals surface area (Å²) in [4.78, 5) is 34.3. The molecule has 142 valence electrons. The average molecular weight is 378 g/mol. The van der Waals surface area contributed by atoms with Crippen LogP contribution in [-0.4, -0.2) is 40.1 Å². The maximum Gasteiger partial charge on any atom is 0.326 e. The second-order valence-electron chi connectivity index (χ2n) is 7.44. The quantitative estimate of drug-likeness (QED) is 0.724. The highest BCUT2D eigenvalue weighted by atomic mass is 32.1. The molecule has 0 spiro atoms. The molecule has 2 aromatic rings. The van der Waals surface area contributed by atoms with Gasteiger partial charge in [0.1, 0.15) is 17.2 Å². The van der Waals surface area contributed by atoms with Gasteiger partial charge >= 0.3 is 5.97 Å². The lowest BCUT2D eigenvalue weighted by Gasteiger charge is -2.18. The minimum Gasteiger partial charge on any atom is -0.464 e. The average Bonchev–Trinajstić information content (AvgIpc) is 3.18. The van der Waals surface area contributed by atoms with E-state index in [1.807, 2.05) is 27.7 Å². The first-order valence-corrected chi connectivity index (χ1v) is 10.1. The third-order valence-electron chi connectivity index (χ3n) is 4.80. The third-order valence-corrected chi connectivity index (χ3v) is 5.90. The normalized spacial score (nSPS) is 15.3. The van der Waals surface area contributed by atoms with Crippen LogP contribution in [0.25, 0.3) is 10.2 Å². The van der Waals surface area contributed by atoms with E-state index in [0.717, 1.165) is 28.4 Å². The molecule has 2 aromatic heterocycles. The highest BCUT2D eigenvalue weighted by molar-refractivity contribution is 7.18. The summed E-state index contributed by atoms with van der Waals surface area (Å²) in [5, 5.41) is 0.634. The van der Waals surface area contributed by atoms with E-state index in [2.05, 4.69) is 4.90 Å². The van der Waals surface area contributed by atoms with Crippen molar-refractivity contribution in [3.05, 3.63) is 26.6 Å². The molecule has 0 radical (unpaired) electrons. The van der Waals surface area contributed by atoms with Crippen LogP contribution < -0.4 is 5.56 Å². The molecule has 0 saturated carbocycles. The number of rotatable bonds is 6. The fourth-order valence-electron chi connectivity index (χ4n) is 3.23. The summed E-state index contributed by atoms with van der Waals surface area (Å²) in [7, 11) is 0. The summed E-state index contributed by atoms with van der Waals surface area (Å²) in [6.45, 7) is 10.8. The Hall–Kier alpha value is -1.73. The summed E-state index contributed by atoms with van der Waals surface area (Å²) in [6.07, 6.45) is 2.33. The number of esters is 1. The van der Waals surface area contributed by atoms with Gasteiger partial charge in [0.05, 0.1) is 18.5 Å². The van der Waals surface area contributed by atoms with Gasteiger partial charge in [-0.3, -0.25) is 19.1 Å². The van der Waals surface area contributed by atoms with Crippen molar-refractivity contribution in [2.45, 2.75) is 53.6 Å². The second-order valence-corrected chi connectivity index (χ2v) is 8.65. The zero-order valence-electron chi connectivity index (χ0n) is 16.0. The monoisotopic (exact) mass is 377 g/mol. The Morgan fingerprint density at radius 1 is 1.27 bits per heavy atom. The number of carbonyl (C=O) groups excluding carboxylic acids is 1. The van der Waals surface area contributed by atoms with Crippen LogP contribution in [0.2, 0.25) is 0 Å². The number of aromatic nitrogens is 2. The summed E-state index contributed by atoms with van der Waals surface area (Å²) in [5.41, 5.74) is 0.826. The van der Waals surface area contributed by atoms with Crippen molar-refractivity contribution >= 4 is 27.5 Å². The van der Waals surface area contributed by atoms with Gasteiger partial charge in [-0.1, -0.05) is 13.8 Å². The molecule has 6 nitrogen and oxygen atoms in total. The molecule has 0 unspecified atom stereocenters. The van der Waals surface area contributed by atoms with Gasteiger partial charge in [-0.05, 0) is 51.3 Å². The number of thiophene rings is 1. The van der Waals surface area contributed by atoms with Crippen LogP contribution in [0, 0.1) is 19.8 Å². The van der Waals surface area contributed by atoms with Gasteiger partial charge in [-0.25, -0.2) is 4.98 Å². The van der Waals surface area contributed by atoms with Gasteiger partial charge in [0.25, 0.3) is 5.56 Å². The minimum atomic E-state index is -0.380. The minimum absolute atomic E-state index is 0.0774. The molecule has 0 N–H and O–H groups in total. The van der Waals surface area contributed by atoms with Crippen LogP contribution >= 0.6 is 11.3 Å². The fourth-order valence-corrected chi connectivity index (χ4v) is 4.27. The van der Waals surface area contributed by atoms with Gasteiger partial charge in [0.2, 0.25) is 0 Å². The molecule has 3 heterocycles. The van der Waals surface area contributed by atoms with E-state index in [1.165, 1.54) is 17.4 Å². The van der Waals surface area contributed by atoms with E-state index in [4.69, 9.17) is 9.72 Å². The Bertz CT molecular complexity index is 863. The predicted molar refractivity (Wildman–Crippen MR) is 104 cm³/mol. The Kier molecular flexibility index (Phi) is 5.77. The zero-order valence-corrected chi connectivity index (χ0v) is 16.8. The number of hydrogen-bond acceptors (Lipinski definition) is 6. The number of nitrogens with zero attached hydrogens (tertiary/aromatic N) is 3. The van der Waals surface area contributed by atoms with Crippen LogP contribution in [0.5, 0.6) is 0 Å². The molecule has 3 rings (SSSR count). The van der Waals surface area contributed by atoms with Crippen molar-refractivity contribution < 1.29 is 9.53 Å². The van der Waals surface area contributed by atoms with Crippen molar-refractivity contribution in [3.8, 4) is 0 Å². The first-order valence-electron chi connectivity index (χ1n) is 9.24. The van der Waals surface area contributed by atoms with Gasteiger partial charge in [0.15, 0.2) is 0 Å². The summed E-state index contributed by atoms with van der Waals surface area (Å²) in [5.74, 6) is 0.545. The van der Waals surface area contributed by atoms with Crippen LogP contribution in [-0.2, 0) is 22.6 Å². The Morgan fingerprint density at radius 3 is 2.62 bits per heavy atom. The highest BCUT2D eigenvalue weighted by Crippen LogP contribution is 2.26. The number of ether oxygens (including phenoxy) is 1. The van der Waals surface area contributed by atoms with Gasteiger partial charge in [-0.15, -0.1) is 11.3 Å². The van der Waals surface area contributed by atoms with Crippen molar-refractivity contribution in [3.63, 3.8) is 0 Å². The molecule has 0 amide bonds. The molecule has 0 bridgehead atoms. The van der Waals surface area contributed by atoms with Crippen LogP contribution in [0.3, 0.4) is 0 Å². The second kappa shape index (κ2) is 7.88. The molecule has 0 aromatic carbocycles. The SMILES string of the molecule is Cc1sc2nc(CN3CCCC3)n(CC(=O)OCC(C)C)c(=O)c2c1C. The highest BCUT2D eigenvalue weighted by Gasteiger charge is 2.21. The van der Waals surface area contributed by atoms with E-state index < -0.39 is 0 Å². The van der Waals surface area contributed by atoms with E-state index in [0.29, 0.717) is 24.4 Å². The standard InChI is InChI=1S/C19H27N3O3S/c1-12(2)11-25-16(23)10-22-15(9-21-7-5-6-8-21)20-18-17(19(22)24)13(3)14(4)26-18/h12H,5-11H2,1-4H3. The van der Waals surface area contributed by atoms with Crippen molar-refractivity contribution in [1.29, 1.82) is 0 Å². The van der Waals surface area contributed by atoms with Gasteiger partial charge in [0, 0.05) is 4.88 Å². The Morgan fingerprint density at radius 2 is 1.96 bits per heavy atom. The first-order chi connectivity index (χ1) is 12.4. The molecule has 0 aliphatic carbocycles. The van der Waals surface area contributed by atoms with E-state index in [9.17, 15) is 9.59 Å². The van der Waals surface area contributed by atoms with Gasteiger partial charge < -0.3 is 4.74 Å². The van der Waals surface area contributed by atoms with Gasteiger partial charge in [-0.2, -0.15) is 0 Å². The van der Waals surface area contributed by atoms with E-state index in [1.54, 1.807) is 11.3 Å². The molecule has 1 aliphatic heterocycles. The van der Waals surface area contributed by atoms with Crippen molar-refractivity contribution in [2.75, 3.05) is 19.7 Å². The Balaban J connectivity index is 1.98. The largest absolute Gasteiger partial charge is 0.464 e. The van der Waals surface area contributed by atoms with Crippen LogP contribution in [0.4, 0.5) is 0 Å². The zero-order chi connectivity index (χ0) is 18.8. The molecular formula is C19H27N3O3S. The lowest BCUT2D eigenvalue weighted by atomic mass is 10.2. The summed E-state index contributed by atoms with van der Waals surface area (Å²) >= 11 is 1.55. The topological polar surface area (TPSA) is 64.4 Å². The van der Waals surface area contributed by atoms with Crippen LogP contribution in [0.15, 0.2) is 4.79 Å². The lowest BCUT2D eigenvalue weighted by Crippen LogP contribution is -2.32. The molecule has 0 atom stereocenters. The molecular weight excluding hydrogens is 350 g/mol. The third kappa shape index (κ3) is 3.99. The summed E-state index contributed by atoms with van der Waals surface area (Å²) in [6, 6.07) is 0. The predicted octanol–water partition coefficient (Wildman–Crippen LogP) is 2.87. The Labute approximate surface area is 157 Å². The first kappa shape index (κ1) is 19.0. The molecule has 1 aliphatic rings. The molecule has 1 saturated heterocycles.